The molecule has 1 aromatic rings. The smallest absolute Gasteiger partial charge is 0.323 e. The summed E-state index contributed by atoms with van der Waals surface area (Å²) in [5.41, 5.74) is 2.99. The standard InChI is InChI=1S/C24H23Cl2NO5/c1-2-9-32-24-14(25)10-13(11-15(24)26)21-22-16(5-3-7-18(22)28)27(12-20(30)31)17-6-4-8-19(29)23(17)21/h2,10-11,21H,1,3-9,12H2,(H,30,31). The molecule has 0 bridgehead atoms. The second-order valence-corrected chi connectivity index (χ2v) is 8.91. The van der Waals surface area contributed by atoms with Crippen molar-refractivity contribution in [1.82, 2.24) is 4.90 Å². The minimum atomic E-state index is -1.01. The highest BCUT2D eigenvalue weighted by atomic mass is 35.5. The summed E-state index contributed by atoms with van der Waals surface area (Å²) in [7, 11) is 0. The largest absolute Gasteiger partial charge is 0.486 e. The monoisotopic (exact) mass is 475 g/mol. The molecule has 1 N–H and O–H groups in total. The second kappa shape index (κ2) is 9.12. The molecule has 0 atom stereocenters. The average molecular weight is 476 g/mol. The lowest BCUT2D eigenvalue weighted by Crippen LogP contribution is -2.41. The molecule has 6 nitrogen and oxygen atoms in total. The lowest BCUT2D eigenvalue weighted by Gasteiger charge is -2.43. The van der Waals surface area contributed by atoms with Gasteiger partial charge in [-0.15, -0.1) is 0 Å². The molecule has 4 rings (SSSR count). The number of carbonyl (C=O) groups is 3. The maximum absolute atomic E-state index is 13.1. The molecule has 0 saturated carbocycles. The van der Waals surface area contributed by atoms with Crippen LogP contribution in [0.1, 0.15) is 50.0 Å². The first-order chi connectivity index (χ1) is 15.3. The van der Waals surface area contributed by atoms with Crippen molar-refractivity contribution in [1.29, 1.82) is 0 Å². The second-order valence-electron chi connectivity index (χ2n) is 8.10. The summed E-state index contributed by atoms with van der Waals surface area (Å²) in [6, 6.07) is 3.37. The summed E-state index contributed by atoms with van der Waals surface area (Å²) in [6.07, 6.45) is 4.74. The molecule has 168 valence electrons. The summed E-state index contributed by atoms with van der Waals surface area (Å²) in [4.78, 5) is 39.6. The van der Waals surface area contributed by atoms with Crippen LogP contribution in [-0.2, 0) is 14.4 Å². The molecule has 0 spiro atoms. The van der Waals surface area contributed by atoms with Crippen LogP contribution in [0.4, 0.5) is 0 Å². The van der Waals surface area contributed by atoms with Gasteiger partial charge in [0.05, 0.1) is 10.0 Å². The fourth-order valence-corrected chi connectivity index (χ4v) is 5.52. The molecule has 0 fully saturated rings. The van der Waals surface area contributed by atoms with Crippen molar-refractivity contribution in [3.8, 4) is 5.75 Å². The summed E-state index contributed by atoms with van der Waals surface area (Å²) in [5, 5.41) is 10.1. The Morgan fingerprint density at radius 3 is 2.06 bits per heavy atom. The van der Waals surface area contributed by atoms with E-state index in [0.717, 1.165) is 0 Å². The van der Waals surface area contributed by atoms with E-state index in [-0.39, 0.29) is 34.8 Å². The van der Waals surface area contributed by atoms with Crippen molar-refractivity contribution in [2.45, 2.75) is 44.4 Å². The van der Waals surface area contributed by atoms with E-state index in [4.69, 9.17) is 27.9 Å². The third kappa shape index (κ3) is 3.97. The number of hydrogen-bond donors (Lipinski definition) is 1. The number of allylic oxidation sites excluding steroid dienone is 4. The van der Waals surface area contributed by atoms with E-state index in [2.05, 4.69) is 6.58 Å². The summed E-state index contributed by atoms with van der Waals surface area (Å²) in [5.74, 6) is -1.46. The van der Waals surface area contributed by atoms with Crippen LogP contribution in [0, 0.1) is 0 Å². The number of aliphatic carboxylic acids is 1. The normalized spacial score (nSPS) is 19.1. The number of halogens is 2. The van der Waals surface area contributed by atoms with Crippen molar-refractivity contribution in [2.75, 3.05) is 13.2 Å². The van der Waals surface area contributed by atoms with Gasteiger partial charge in [-0.3, -0.25) is 14.4 Å². The molecule has 8 heteroatoms. The Labute approximate surface area is 196 Å². The first-order valence-electron chi connectivity index (χ1n) is 10.6. The molecular weight excluding hydrogens is 453 g/mol. The number of carboxylic acid groups (broad SMARTS) is 1. The third-order valence-corrected chi connectivity index (χ3v) is 6.64. The van der Waals surface area contributed by atoms with Crippen molar-refractivity contribution in [2.24, 2.45) is 0 Å². The molecule has 0 radical (unpaired) electrons. The summed E-state index contributed by atoms with van der Waals surface area (Å²) < 4.78 is 5.56. The van der Waals surface area contributed by atoms with Gasteiger partial charge in [0.1, 0.15) is 13.2 Å². The van der Waals surface area contributed by atoms with E-state index in [1.54, 1.807) is 23.1 Å². The van der Waals surface area contributed by atoms with Crippen LogP contribution in [-0.4, -0.2) is 40.7 Å². The van der Waals surface area contributed by atoms with Gasteiger partial charge in [0.25, 0.3) is 0 Å². The van der Waals surface area contributed by atoms with E-state index in [1.165, 1.54) is 0 Å². The van der Waals surface area contributed by atoms with Gasteiger partial charge in [-0.2, -0.15) is 0 Å². The van der Waals surface area contributed by atoms with E-state index in [9.17, 15) is 19.5 Å². The van der Waals surface area contributed by atoms with Crippen molar-refractivity contribution < 1.29 is 24.2 Å². The van der Waals surface area contributed by atoms with Crippen molar-refractivity contribution in [3.05, 3.63) is 62.9 Å². The number of benzene rings is 1. The number of ketones is 2. The van der Waals surface area contributed by atoms with Gasteiger partial charge in [0.15, 0.2) is 17.3 Å². The third-order valence-electron chi connectivity index (χ3n) is 6.08. The lowest BCUT2D eigenvalue weighted by atomic mass is 9.71. The van der Waals surface area contributed by atoms with Crippen molar-refractivity contribution in [3.63, 3.8) is 0 Å². The Bertz CT molecular complexity index is 1020. The number of nitrogens with zero attached hydrogens (tertiary/aromatic N) is 1. The number of carbonyl (C=O) groups excluding carboxylic acids is 2. The van der Waals surface area contributed by atoms with Gasteiger partial charge >= 0.3 is 5.97 Å². The van der Waals surface area contributed by atoms with E-state index >= 15 is 0 Å². The molecule has 1 aliphatic heterocycles. The quantitative estimate of drug-likeness (QED) is 0.579. The summed E-state index contributed by atoms with van der Waals surface area (Å²) >= 11 is 13.0. The van der Waals surface area contributed by atoms with Crippen LogP contribution >= 0.6 is 23.2 Å². The zero-order chi connectivity index (χ0) is 23.0. The highest BCUT2D eigenvalue weighted by Gasteiger charge is 2.43. The highest BCUT2D eigenvalue weighted by molar-refractivity contribution is 6.37. The van der Waals surface area contributed by atoms with Crippen LogP contribution in [0.3, 0.4) is 0 Å². The number of rotatable bonds is 6. The van der Waals surface area contributed by atoms with Gasteiger partial charge in [0.2, 0.25) is 0 Å². The maximum atomic E-state index is 13.1. The van der Waals surface area contributed by atoms with Crippen LogP contribution in [0.25, 0.3) is 0 Å². The molecule has 2 aliphatic carbocycles. The SMILES string of the molecule is C=CCOc1c(Cl)cc(C2C3=C(CCCC3=O)N(CC(=O)O)C3=C2C(=O)CCC3)cc1Cl. The Balaban J connectivity index is 1.92. The number of hydrogen-bond acceptors (Lipinski definition) is 5. The zero-order valence-electron chi connectivity index (χ0n) is 17.5. The highest BCUT2D eigenvalue weighted by Crippen LogP contribution is 2.50. The minimum absolute atomic E-state index is 0.0733. The fourth-order valence-electron chi connectivity index (χ4n) is 4.90. The number of carboxylic acids is 1. The minimum Gasteiger partial charge on any atom is -0.486 e. The molecule has 0 unspecified atom stereocenters. The molecule has 0 aromatic heterocycles. The molecular formula is C24H23Cl2NO5. The fraction of sp³-hybridized carbons (Fsp3) is 0.375. The van der Waals surface area contributed by atoms with Crippen LogP contribution < -0.4 is 4.74 Å². The lowest BCUT2D eigenvalue weighted by molar-refractivity contribution is -0.138. The number of Topliss-reactive ketones (excluding diaryl/α,β-unsaturated/α-hetero) is 2. The Kier molecular flexibility index (Phi) is 6.45. The van der Waals surface area contributed by atoms with Gasteiger partial charge in [-0.25, -0.2) is 0 Å². The molecule has 32 heavy (non-hydrogen) atoms. The van der Waals surface area contributed by atoms with Crippen LogP contribution in [0.15, 0.2) is 47.3 Å². The zero-order valence-corrected chi connectivity index (χ0v) is 19.0. The molecule has 0 saturated heterocycles. The molecule has 1 heterocycles. The Morgan fingerprint density at radius 2 is 1.59 bits per heavy atom. The average Bonchev–Trinajstić information content (AvgIpc) is 2.73. The van der Waals surface area contributed by atoms with Gasteiger partial charge in [-0.05, 0) is 43.4 Å². The first kappa shape index (κ1) is 22.6. The van der Waals surface area contributed by atoms with E-state index in [0.29, 0.717) is 72.4 Å². The van der Waals surface area contributed by atoms with Gasteiger partial charge < -0.3 is 14.7 Å². The topological polar surface area (TPSA) is 83.9 Å². The van der Waals surface area contributed by atoms with Crippen LogP contribution in [0.2, 0.25) is 10.0 Å². The van der Waals surface area contributed by atoms with E-state index in [1.807, 2.05) is 0 Å². The first-order valence-corrected chi connectivity index (χ1v) is 11.3. The predicted molar refractivity (Wildman–Crippen MR) is 121 cm³/mol. The molecule has 3 aliphatic rings. The molecule has 0 amide bonds. The van der Waals surface area contributed by atoms with Crippen LogP contribution in [0.5, 0.6) is 5.75 Å². The number of ether oxygens (including phenoxy) is 1. The predicted octanol–water partition coefficient (Wildman–Crippen LogP) is 5.06. The Morgan fingerprint density at radius 1 is 1.06 bits per heavy atom. The van der Waals surface area contributed by atoms with Gasteiger partial charge in [0, 0.05) is 41.3 Å². The van der Waals surface area contributed by atoms with E-state index < -0.39 is 11.9 Å². The summed E-state index contributed by atoms with van der Waals surface area (Å²) in [6.45, 7) is 3.57. The molecule has 1 aromatic carbocycles. The Hall–Kier alpha value is -2.57. The van der Waals surface area contributed by atoms with Crippen molar-refractivity contribution >= 4 is 40.7 Å². The maximum Gasteiger partial charge on any atom is 0.323 e. The van der Waals surface area contributed by atoms with Gasteiger partial charge in [-0.1, -0.05) is 35.9 Å².